The first-order valence-electron chi connectivity index (χ1n) is 11.8. The van der Waals surface area contributed by atoms with E-state index >= 15 is 0 Å². The van der Waals surface area contributed by atoms with Crippen LogP contribution in [0, 0.1) is 17.8 Å². The quantitative estimate of drug-likeness (QED) is 0.275. The molecule has 2 aromatic carbocycles. The van der Waals surface area contributed by atoms with Crippen molar-refractivity contribution in [1.82, 2.24) is 0 Å². The number of benzene rings is 2. The zero-order chi connectivity index (χ0) is 24.5. The summed E-state index contributed by atoms with van der Waals surface area (Å²) in [6.07, 6.45) is 5.09. The topological polar surface area (TPSA) is 93.2 Å². The van der Waals surface area contributed by atoms with Crippen molar-refractivity contribution in [1.29, 1.82) is 0 Å². The summed E-state index contributed by atoms with van der Waals surface area (Å²) in [5.74, 6) is -1.40. The Labute approximate surface area is 203 Å². The van der Waals surface area contributed by atoms with Gasteiger partial charge in [-0.2, -0.15) is 0 Å². The van der Waals surface area contributed by atoms with Crippen LogP contribution in [0.2, 0.25) is 0 Å². The van der Waals surface area contributed by atoms with E-state index in [1.807, 2.05) is 31.2 Å². The third kappa shape index (κ3) is 4.20. The Morgan fingerprint density at radius 1 is 0.943 bits per heavy atom. The molecule has 35 heavy (non-hydrogen) atoms. The minimum Gasteiger partial charge on any atom is -0.492 e. The smallest absolute Gasteiger partial charge is 0.316 e. The number of ether oxygens (including phenoxy) is 2. The summed E-state index contributed by atoms with van der Waals surface area (Å²) in [5.41, 5.74) is 1.10. The molecule has 2 aromatic rings. The van der Waals surface area contributed by atoms with Gasteiger partial charge in [0.2, 0.25) is 17.7 Å². The number of esters is 1. The summed E-state index contributed by atoms with van der Waals surface area (Å²) in [6.45, 7) is 2.54. The summed E-state index contributed by atoms with van der Waals surface area (Å²) in [6, 6.07) is 13.6. The summed E-state index contributed by atoms with van der Waals surface area (Å²) in [5, 5.41) is 0. The molecule has 0 N–H and O–H groups in total. The van der Waals surface area contributed by atoms with E-state index in [1.165, 1.54) is 4.90 Å². The van der Waals surface area contributed by atoms with Crippen LogP contribution in [-0.4, -0.2) is 36.8 Å². The fraction of sp³-hybridized carbons (Fsp3) is 0.333. The highest BCUT2D eigenvalue weighted by Crippen LogP contribution is 2.38. The lowest BCUT2D eigenvalue weighted by molar-refractivity contribution is -0.139. The molecule has 8 nitrogen and oxygen atoms in total. The number of anilines is 2. The Bertz CT molecular complexity index is 1180. The number of imide groups is 1. The highest BCUT2D eigenvalue weighted by atomic mass is 16.5. The van der Waals surface area contributed by atoms with Gasteiger partial charge in [-0.1, -0.05) is 24.3 Å². The first-order chi connectivity index (χ1) is 17.0. The second kappa shape index (κ2) is 9.37. The van der Waals surface area contributed by atoms with Crippen molar-refractivity contribution < 1.29 is 28.7 Å². The molecule has 2 fully saturated rings. The van der Waals surface area contributed by atoms with Crippen molar-refractivity contribution in [3.63, 3.8) is 0 Å². The first-order valence-corrected chi connectivity index (χ1v) is 11.8. The predicted molar refractivity (Wildman–Crippen MR) is 128 cm³/mol. The molecule has 5 rings (SSSR count). The second-order valence-corrected chi connectivity index (χ2v) is 8.89. The monoisotopic (exact) mass is 474 g/mol. The molecule has 3 amide bonds. The van der Waals surface area contributed by atoms with Gasteiger partial charge in [0.1, 0.15) is 11.5 Å². The lowest BCUT2D eigenvalue weighted by atomic mass is 9.85. The molecule has 0 saturated carbocycles. The van der Waals surface area contributed by atoms with E-state index in [2.05, 4.69) is 0 Å². The fourth-order valence-corrected chi connectivity index (χ4v) is 4.97. The molecule has 0 radical (unpaired) electrons. The number of hydrogen-bond acceptors (Lipinski definition) is 6. The van der Waals surface area contributed by atoms with Crippen LogP contribution in [0.25, 0.3) is 0 Å². The van der Waals surface area contributed by atoms with Crippen molar-refractivity contribution in [3.8, 4) is 11.5 Å². The van der Waals surface area contributed by atoms with Gasteiger partial charge in [-0.05, 0) is 56.2 Å². The lowest BCUT2D eigenvalue weighted by Gasteiger charge is -2.20. The third-order valence-electron chi connectivity index (χ3n) is 6.74. The number of carbonyl (C=O) groups excluding carboxylic acids is 4. The van der Waals surface area contributed by atoms with E-state index in [1.54, 1.807) is 41.3 Å². The van der Waals surface area contributed by atoms with Gasteiger partial charge in [-0.3, -0.25) is 24.1 Å². The van der Waals surface area contributed by atoms with Gasteiger partial charge in [0, 0.05) is 13.0 Å². The van der Waals surface area contributed by atoms with Crippen molar-refractivity contribution in [2.45, 2.75) is 26.2 Å². The van der Waals surface area contributed by atoms with Crippen LogP contribution in [0.1, 0.15) is 26.2 Å². The lowest BCUT2D eigenvalue weighted by Crippen LogP contribution is -2.30. The molecule has 0 bridgehead atoms. The zero-order valence-corrected chi connectivity index (χ0v) is 19.4. The number of hydrogen-bond donors (Lipinski definition) is 0. The van der Waals surface area contributed by atoms with Crippen molar-refractivity contribution in [2.75, 3.05) is 23.0 Å². The summed E-state index contributed by atoms with van der Waals surface area (Å²) in [7, 11) is 0. The number of amides is 3. The predicted octanol–water partition coefficient (Wildman–Crippen LogP) is 3.50. The first kappa shape index (κ1) is 22.8. The van der Waals surface area contributed by atoms with E-state index in [0.29, 0.717) is 36.6 Å². The van der Waals surface area contributed by atoms with Crippen LogP contribution in [0.15, 0.2) is 60.7 Å². The van der Waals surface area contributed by atoms with Gasteiger partial charge in [0.25, 0.3) is 0 Å². The molecule has 180 valence electrons. The Balaban J connectivity index is 1.25. The van der Waals surface area contributed by atoms with Crippen LogP contribution in [0.4, 0.5) is 11.4 Å². The average Bonchev–Trinajstić information content (AvgIpc) is 3.38. The molecule has 3 aliphatic rings. The van der Waals surface area contributed by atoms with E-state index in [0.717, 1.165) is 0 Å². The molecule has 2 aliphatic heterocycles. The number of para-hydroxylation sites is 2. The maximum Gasteiger partial charge on any atom is 0.316 e. The Kier molecular flexibility index (Phi) is 6.11. The highest BCUT2D eigenvalue weighted by Gasteiger charge is 2.47. The van der Waals surface area contributed by atoms with Crippen molar-refractivity contribution in [3.05, 3.63) is 60.7 Å². The minimum absolute atomic E-state index is 0.0466. The molecule has 2 saturated heterocycles. The Morgan fingerprint density at radius 3 is 2.26 bits per heavy atom. The fourth-order valence-electron chi connectivity index (χ4n) is 4.97. The molecule has 8 heteroatoms. The highest BCUT2D eigenvalue weighted by molar-refractivity contribution is 6.22. The molecular weight excluding hydrogens is 448 g/mol. The number of fused-ring (bicyclic) bond motifs is 1. The molecule has 0 spiro atoms. The van der Waals surface area contributed by atoms with Gasteiger partial charge in [-0.25, -0.2) is 0 Å². The summed E-state index contributed by atoms with van der Waals surface area (Å²) < 4.78 is 11.2. The molecule has 0 unspecified atom stereocenters. The molecule has 2 heterocycles. The largest absolute Gasteiger partial charge is 0.492 e. The normalized spacial score (nSPS) is 23.6. The van der Waals surface area contributed by atoms with Crippen LogP contribution in [-0.2, 0) is 19.2 Å². The number of carbonyl (C=O) groups is 4. The van der Waals surface area contributed by atoms with Crippen LogP contribution < -0.4 is 19.3 Å². The SMILES string of the molecule is CCOc1ccccc1N1C[C@H](C(=O)Oc2ccc(N3C(=O)[C@@H]4CC=CC[C@H]4C3=O)cc2)CC1=O. The standard InChI is InChI=1S/C27H26N2O6/c1-2-34-23-10-6-5-9-22(23)28-16-17(15-24(28)30)27(33)35-19-13-11-18(12-14-19)29-25(31)20-7-3-4-8-21(20)26(29)32/h3-6,9-14,17,20-21H,2,7-8,15-16H2,1H3/t17-,20-,21-/m1/s1. The van der Waals surface area contributed by atoms with E-state index in [9.17, 15) is 19.2 Å². The second-order valence-electron chi connectivity index (χ2n) is 8.89. The molecule has 3 atom stereocenters. The maximum absolute atomic E-state index is 12.8. The van der Waals surface area contributed by atoms with Gasteiger partial charge in [-0.15, -0.1) is 0 Å². The number of nitrogens with zero attached hydrogens (tertiary/aromatic N) is 2. The minimum atomic E-state index is -0.616. The van der Waals surface area contributed by atoms with Crippen LogP contribution in [0.5, 0.6) is 11.5 Å². The molecular formula is C27H26N2O6. The third-order valence-corrected chi connectivity index (χ3v) is 6.74. The Hall–Kier alpha value is -3.94. The van der Waals surface area contributed by atoms with Gasteiger partial charge in [0.15, 0.2) is 0 Å². The van der Waals surface area contributed by atoms with E-state index in [4.69, 9.17) is 9.47 Å². The van der Waals surface area contributed by atoms with Crippen molar-refractivity contribution >= 4 is 35.1 Å². The summed E-state index contributed by atoms with van der Waals surface area (Å²) in [4.78, 5) is 53.8. The zero-order valence-electron chi connectivity index (χ0n) is 19.4. The maximum atomic E-state index is 12.8. The molecule has 1 aliphatic carbocycles. The average molecular weight is 475 g/mol. The van der Waals surface area contributed by atoms with Crippen LogP contribution in [0.3, 0.4) is 0 Å². The van der Waals surface area contributed by atoms with Crippen LogP contribution >= 0.6 is 0 Å². The van der Waals surface area contributed by atoms with Gasteiger partial charge in [0.05, 0.1) is 35.7 Å². The molecule has 0 aromatic heterocycles. The van der Waals surface area contributed by atoms with Gasteiger partial charge < -0.3 is 14.4 Å². The number of allylic oxidation sites excluding steroid dienone is 2. The number of rotatable bonds is 6. The Morgan fingerprint density at radius 2 is 1.60 bits per heavy atom. The summed E-state index contributed by atoms with van der Waals surface area (Å²) >= 11 is 0. The van der Waals surface area contributed by atoms with Crippen molar-refractivity contribution in [2.24, 2.45) is 17.8 Å². The van der Waals surface area contributed by atoms with E-state index < -0.39 is 11.9 Å². The van der Waals surface area contributed by atoms with Gasteiger partial charge >= 0.3 is 5.97 Å². The van der Waals surface area contributed by atoms with E-state index in [-0.39, 0.29) is 48.3 Å².